The van der Waals surface area contributed by atoms with Gasteiger partial charge < -0.3 is 5.11 Å². The number of rotatable bonds is 4. The highest BCUT2D eigenvalue weighted by Gasteiger charge is 2.26. The van der Waals surface area contributed by atoms with Crippen molar-refractivity contribution in [1.29, 1.82) is 5.26 Å². The third-order valence-corrected chi connectivity index (χ3v) is 5.35. The predicted molar refractivity (Wildman–Crippen MR) is 88.4 cm³/mol. The Kier molecular flexibility index (Phi) is 4.89. The van der Waals surface area contributed by atoms with E-state index in [4.69, 9.17) is 5.26 Å². The molecule has 3 rings (SSSR count). The molecule has 0 saturated carbocycles. The lowest BCUT2D eigenvalue weighted by Gasteiger charge is -2.34. The molecule has 114 valence electrons. The van der Waals surface area contributed by atoms with E-state index in [2.05, 4.69) is 11.0 Å². The number of hydrogen-bond donors (Lipinski definition) is 1. The van der Waals surface area contributed by atoms with Gasteiger partial charge in [0.05, 0.1) is 17.7 Å². The van der Waals surface area contributed by atoms with Gasteiger partial charge in [-0.2, -0.15) is 5.26 Å². The van der Waals surface area contributed by atoms with Gasteiger partial charge in [-0.3, -0.25) is 4.90 Å². The van der Waals surface area contributed by atoms with Gasteiger partial charge in [0.15, 0.2) is 0 Å². The number of benzene rings is 1. The second-order valence-corrected chi connectivity index (χ2v) is 6.86. The molecule has 0 aliphatic carbocycles. The number of aliphatic hydroxyl groups excluding tert-OH is 1. The molecule has 2 heterocycles. The minimum Gasteiger partial charge on any atom is -0.387 e. The molecule has 2 aromatic rings. The van der Waals surface area contributed by atoms with Crippen LogP contribution in [0, 0.1) is 17.2 Å². The summed E-state index contributed by atoms with van der Waals surface area (Å²) in [6.07, 6.45) is 1.77. The first-order chi connectivity index (χ1) is 10.8. The molecule has 0 radical (unpaired) electrons. The number of nitriles is 1. The van der Waals surface area contributed by atoms with E-state index < -0.39 is 0 Å². The Morgan fingerprint density at radius 1 is 1.23 bits per heavy atom. The quantitative estimate of drug-likeness (QED) is 0.939. The third kappa shape index (κ3) is 3.56. The van der Waals surface area contributed by atoms with Crippen LogP contribution in [0.3, 0.4) is 0 Å². The smallest absolute Gasteiger partial charge is 0.0991 e. The molecule has 1 atom stereocenters. The van der Waals surface area contributed by atoms with Gasteiger partial charge in [-0.1, -0.05) is 18.2 Å². The van der Waals surface area contributed by atoms with E-state index in [-0.39, 0.29) is 6.10 Å². The lowest BCUT2D eigenvalue weighted by Crippen LogP contribution is -2.35. The van der Waals surface area contributed by atoms with Crippen molar-refractivity contribution in [2.45, 2.75) is 25.5 Å². The van der Waals surface area contributed by atoms with E-state index in [0.29, 0.717) is 11.5 Å². The molecule has 1 aliphatic rings. The highest BCUT2D eigenvalue weighted by Crippen LogP contribution is 2.33. The van der Waals surface area contributed by atoms with Crippen molar-refractivity contribution in [1.82, 2.24) is 4.90 Å². The number of thiophene rings is 1. The summed E-state index contributed by atoms with van der Waals surface area (Å²) in [5, 5.41) is 21.3. The molecule has 0 amide bonds. The van der Waals surface area contributed by atoms with Crippen LogP contribution in [0.1, 0.15) is 34.9 Å². The fourth-order valence-electron chi connectivity index (χ4n) is 3.06. The Morgan fingerprint density at radius 3 is 2.55 bits per heavy atom. The Hall–Kier alpha value is -1.67. The van der Waals surface area contributed by atoms with Crippen LogP contribution in [-0.4, -0.2) is 23.1 Å². The summed E-state index contributed by atoms with van der Waals surface area (Å²) >= 11 is 1.64. The van der Waals surface area contributed by atoms with Crippen LogP contribution < -0.4 is 0 Å². The van der Waals surface area contributed by atoms with Crippen molar-refractivity contribution in [2.75, 3.05) is 13.1 Å². The fraction of sp³-hybridized carbons (Fsp3) is 0.389. The number of piperidine rings is 1. The lowest BCUT2D eigenvalue weighted by atomic mass is 9.90. The summed E-state index contributed by atoms with van der Waals surface area (Å²) in [5.41, 5.74) is 1.96. The SMILES string of the molecule is N#Cc1ccc(CN2CCC(C(O)c3cccs3)CC2)cc1. The van der Waals surface area contributed by atoms with Crippen molar-refractivity contribution >= 4 is 11.3 Å². The van der Waals surface area contributed by atoms with Gasteiger partial charge in [0.2, 0.25) is 0 Å². The van der Waals surface area contributed by atoms with Gasteiger partial charge in [0.1, 0.15) is 0 Å². The van der Waals surface area contributed by atoms with E-state index in [1.165, 1.54) is 5.56 Å². The molecule has 4 heteroatoms. The summed E-state index contributed by atoms with van der Waals surface area (Å²) < 4.78 is 0. The van der Waals surface area contributed by atoms with Crippen LogP contribution in [0.2, 0.25) is 0 Å². The number of nitrogens with zero attached hydrogens (tertiary/aromatic N) is 2. The largest absolute Gasteiger partial charge is 0.387 e. The molecule has 0 bridgehead atoms. The molecule has 1 saturated heterocycles. The van der Waals surface area contributed by atoms with Gasteiger partial charge in [0.25, 0.3) is 0 Å². The van der Waals surface area contributed by atoms with Crippen LogP contribution in [0.4, 0.5) is 0 Å². The number of aliphatic hydroxyl groups is 1. The van der Waals surface area contributed by atoms with Crippen molar-refractivity contribution in [2.24, 2.45) is 5.92 Å². The normalized spacial score (nSPS) is 18.0. The Balaban J connectivity index is 1.52. The molecule has 3 nitrogen and oxygen atoms in total. The maximum atomic E-state index is 10.4. The first-order valence-electron chi connectivity index (χ1n) is 7.69. The highest BCUT2D eigenvalue weighted by molar-refractivity contribution is 7.10. The van der Waals surface area contributed by atoms with Crippen LogP contribution >= 0.6 is 11.3 Å². The molecule has 1 N–H and O–H groups in total. The Bertz CT molecular complexity index is 622. The summed E-state index contributed by atoms with van der Waals surface area (Å²) in [4.78, 5) is 3.52. The van der Waals surface area contributed by atoms with Gasteiger partial charge in [-0.05, 0) is 61.0 Å². The number of likely N-dealkylation sites (tertiary alicyclic amines) is 1. The topological polar surface area (TPSA) is 47.3 Å². The van der Waals surface area contributed by atoms with Crippen molar-refractivity contribution in [3.8, 4) is 6.07 Å². The lowest BCUT2D eigenvalue weighted by molar-refractivity contribution is 0.0591. The predicted octanol–water partition coefficient (Wildman–Crippen LogP) is 3.57. The van der Waals surface area contributed by atoms with Gasteiger partial charge in [-0.15, -0.1) is 11.3 Å². The summed E-state index contributed by atoms with van der Waals surface area (Å²) in [7, 11) is 0. The zero-order valence-electron chi connectivity index (χ0n) is 12.5. The standard InChI is InChI=1S/C18H20N2OS/c19-12-14-3-5-15(6-4-14)13-20-9-7-16(8-10-20)18(21)17-2-1-11-22-17/h1-6,11,16,18,21H,7-10,13H2. The van der Waals surface area contributed by atoms with Crippen molar-refractivity contribution in [3.63, 3.8) is 0 Å². The van der Waals surface area contributed by atoms with Crippen molar-refractivity contribution < 1.29 is 5.11 Å². The van der Waals surface area contributed by atoms with Crippen LogP contribution in [0.25, 0.3) is 0 Å². The molecule has 1 aliphatic heterocycles. The van der Waals surface area contributed by atoms with E-state index >= 15 is 0 Å². The highest BCUT2D eigenvalue weighted by atomic mass is 32.1. The van der Waals surface area contributed by atoms with Gasteiger partial charge >= 0.3 is 0 Å². The van der Waals surface area contributed by atoms with E-state index in [1.54, 1.807) is 11.3 Å². The number of hydrogen-bond acceptors (Lipinski definition) is 4. The fourth-order valence-corrected chi connectivity index (χ4v) is 3.86. The zero-order chi connectivity index (χ0) is 15.4. The Morgan fingerprint density at radius 2 is 1.95 bits per heavy atom. The van der Waals surface area contributed by atoms with E-state index in [1.807, 2.05) is 41.8 Å². The molecule has 0 spiro atoms. The monoisotopic (exact) mass is 312 g/mol. The average Bonchev–Trinajstić information content (AvgIpc) is 3.10. The molecular formula is C18H20N2OS. The second-order valence-electron chi connectivity index (χ2n) is 5.88. The van der Waals surface area contributed by atoms with Gasteiger partial charge in [0, 0.05) is 11.4 Å². The summed E-state index contributed by atoms with van der Waals surface area (Å²) in [5.74, 6) is 0.371. The van der Waals surface area contributed by atoms with Crippen LogP contribution in [0.5, 0.6) is 0 Å². The van der Waals surface area contributed by atoms with E-state index in [0.717, 1.165) is 37.4 Å². The molecule has 1 fully saturated rings. The van der Waals surface area contributed by atoms with Crippen molar-refractivity contribution in [3.05, 3.63) is 57.8 Å². The first kappa shape index (κ1) is 15.2. The van der Waals surface area contributed by atoms with Crippen LogP contribution in [0.15, 0.2) is 41.8 Å². The minimum atomic E-state index is -0.308. The maximum Gasteiger partial charge on any atom is 0.0991 e. The third-order valence-electron chi connectivity index (χ3n) is 4.40. The molecular weight excluding hydrogens is 292 g/mol. The van der Waals surface area contributed by atoms with Gasteiger partial charge in [-0.25, -0.2) is 0 Å². The Labute approximate surface area is 135 Å². The zero-order valence-corrected chi connectivity index (χ0v) is 13.3. The first-order valence-corrected chi connectivity index (χ1v) is 8.57. The molecule has 1 unspecified atom stereocenters. The summed E-state index contributed by atoms with van der Waals surface area (Å²) in [6, 6.07) is 14.0. The molecule has 22 heavy (non-hydrogen) atoms. The summed E-state index contributed by atoms with van der Waals surface area (Å²) in [6.45, 7) is 2.97. The van der Waals surface area contributed by atoms with E-state index in [9.17, 15) is 5.11 Å². The molecule has 1 aromatic heterocycles. The maximum absolute atomic E-state index is 10.4. The average molecular weight is 312 g/mol. The van der Waals surface area contributed by atoms with Crippen LogP contribution in [-0.2, 0) is 6.54 Å². The second kappa shape index (κ2) is 7.06. The minimum absolute atomic E-state index is 0.308. The molecule has 1 aromatic carbocycles.